The molecule has 0 spiro atoms. The quantitative estimate of drug-likeness (QED) is 0.914. The van der Waals surface area contributed by atoms with Crippen LogP contribution in [0.15, 0.2) is 30.3 Å². The number of para-hydroxylation sites is 1. The summed E-state index contributed by atoms with van der Waals surface area (Å²) in [5.41, 5.74) is 3.26. The van der Waals surface area contributed by atoms with Gasteiger partial charge in [-0.3, -0.25) is 9.69 Å². The first-order chi connectivity index (χ1) is 11.7. The van der Waals surface area contributed by atoms with Crippen molar-refractivity contribution in [3.05, 3.63) is 41.7 Å². The van der Waals surface area contributed by atoms with Crippen LogP contribution in [0.2, 0.25) is 0 Å². The average Bonchev–Trinajstić information content (AvgIpc) is 3.36. The summed E-state index contributed by atoms with van der Waals surface area (Å²) in [6.07, 6.45) is 4.08. The van der Waals surface area contributed by atoms with E-state index in [1.165, 1.54) is 18.5 Å². The van der Waals surface area contributed by atoms with Crippen LogP contribution in [0.5, 0.6) is 0 Å². The Kier molecular flexibility index (Phi) is 4.06. The molecule has 2 heterocycles. The maximum absolute atomic E-state index is 11.3. The van der Waals surface area contributed by atoms with Crippen LogP contribution in [-0.4, -0.2) is 44.1 Å². The summed E-state index contributed by atoms with van der Waals surface area (Å²) in [5.74, 6) is -0.405. The molecule has 2 fully saturated rings. The summed E-state index contributed by atoms with van der Waals surface area (Å²) >= 11 is 0. The van der Waals surface area contributed by atoms with Gasteiger partial charge in [-0.05, 0) is 44.4 Å². The number of hydrogen-bond acceptors (Lipinski definition) is 4. The van der Waals surface area contributed by atoms with Crippen LogP contribution in [0.25, 0.3) is 5.69 Å². The van der Waals surface area contributed by atoms with Crippen LogP contribution in [0.1, 0.15) is 43.0 Å². The zero-order valence-corrected chi connectivity index (χ0v) is 13.6. The summed E-state index contributed by atoms with van der Waals surface area (Å²) in [6.45, 7) is 2.24. The van der Waals surface area contributed by atoms with Crippen LogP contribution in [0.3, 0.4) is 0 Å². The number of carboxylic acids is 1. The molecule has 1 saturated carbocycles. The Hall–Kier alpha value is -2.21. The van der Waals surface area contributed by atoms with E-state index in [0.29, 0.717) is 19.0 Å². The van der Waals surface area contributed by atoms with E-state index in [9.17, 15) is 9.90 Å². The first kappa shape index (κ1) is 15.3. The number of likely N-dealkylation sites (tertiary alicyclic amines) is 1. The monoisotopic (exact) mass is 326 g/mol. The number of rotatable bonds is 5. The number of nitrogens with zero attached hydrogens (tertiary/aromatic N) is 4. The predicted octanol–water partition coefficient (Wildman–Crippen LogP) is 2.44. The lowest BCUT2D eigenvalue weighted by Gasteiger charge is -2.30. The maximum atomic E-state index is 11.3. The molecule has 0 bridgehead atoms. The zero-order valence-electron chi connectivity index (χ0n) is 13.6. The van der Waals surface area contributed by atoms with Crippen molar-refractivity contribution in [1.82, 2.24) is 19.9 Å². The fourth-order valence-corrected chi connectivity index (χ4v) is 3.57. The maximum Gasteiger partial charge on any atom is 0.307 e. The van der Waals surface area contributed by atoms with Gasteiger partial charge in [-0.1, -0.05) is 23.4 Å². The lowest BCUT2D eigenvalue weighted by molar-refractivity contribution is -0.143. The number of aromatic nitrogens is 3. The fraction of sp³-hybridized carbons (Fsp3) is 0.500. The van der Waals surface area contributed by atoms with Crippen molar-refractivity contribution in [3.8, 4) is 5.69 Å². The molecule has 1 aliphatic heterocycles. The van der Waals surface area contributed by atoms with Gasteiger partial charge < -0.3 is 5.11 Å². The molecule has 1 aromatic heterocycles. The van der Waals surface area contributed by atoms with Crippen LogP contribution in [-0.2, 0) is 11.3 Å². The normalized spacial score (nSPS) is 21.8. The van der Waals surface area contributed by atoms with Crippen LogP contribution >= 0.6 is 0 Å². The molecule has 2 aromatic rings. The third-order valence-electron chi connectivity index (χ3n) is 4.97. The van der Waals surface area contributed by atoms with Crippen molar-refractivity contribution in [2.45, 2.75) is 38.1 Å². The Balaban J connectivity index is 1.58. The molecule has 0 unspecified atom stereocenters. The minimum atomic E-state index is -0.685. The van der Waals surface area contributed by atoms with Gasteiger partial charge in [-0.25, -0.2) is 4.68 Å². The highest BCUT2D eigenvalue weighted by Crippen LogP contribution is 2.42. The van der Waals surface area contributed by atoms with Gasteiger partial charge in [-0.15, -0.1) is 5.10 Å². The molecule has 1 atom stereocenters. The van der Waals surface area contributed by atoms with Gasteiger partial charge in [0.05, 0.1) is 17.3 Å². The number of piperidine rings is 1. The molecule has 6 heteroatoms. The third kappa shape index (κ3) is 3.06. The Labute approximate surface area is 141 Å². The van der Waals surface area contributed by atoms with Gasteiger partial charge >= 0.3 is 5.97 Å². The largest absolute Gasteiger partial charge is 0.481 e. The van der Waals surface area contributed by atoms with E-state index in [1.54, 1.807) is 0 Å². The first-order valence-electron chi connectivity index (χ1n) is 8.67. The van der Waals surface area contributed by atoms with E-state index in [0.717, 1.165) is 30.8 Å². The van der Waals surface area contributed by atoms with E-state index in [2.05, 4.69) is 15.2 Å². The van der Waals surface area contributed by atoms with E-state index < -0.39 is 5.97 Å². The number of aliphatic carboxylic acids is 1. The lowest BCUT2D eigenvalue weighted by Crippen LogP contribution is -2.38. The van der Waals surface area contributed by atoms with Crippen LogP contribution < -0.4 is 0 Å². The second-order valence-electron chi connectivity index (χ2n) is 6.86. The third-order valence-corrected chi connectivity index (χ3v) is 4.97. The molecular formula is C18H22N4O2. The van der Waals surface area contributed by atoms with Gasteiger partial charge in [0.2, 0.25) is 0 Å². The number of benzene rings is 1. The Morgan fingerprint density at radius 3 is 2.71 bits per heavy atom. The highest BCUT2D eigenvalue weighted by molar-refractivity contribution is 5.70. The Morgan fingerprint density at radius 1 is 1.21 bits per heavy atom. The molecule has 0 amide bonds. The molecular weight excluding hydrogens is 304 g/mol. The number of carbonyl (C=O) groups is 1. The van der Waals surface area contributed by atoms with Crippen molar-refractivity contribution >= 4 is 5.97 Å². The molecule has 1 aromatic carbocycles. The fourth-order valence-electron chi connectivity index (χ4n) is 3.57. The number of carboxylic acid groups (broad SMARTS) is 1. The predicted molar refractivity (Wildman–Crippen MR) is 89.0 cm³/mol. The molecule has 1 saturated heterocycles. The van der Waals surface area contributed by atoms with Gasteiger partial charge in [0.25, 0.3) is 0 Å². The molecule has 0 radical (unpaired) electrons. The highest BCUT2D eigenvalue weighted by atomic mass is 16.4. The zero-order chi connectivity index (χ0) is 16.5. The Bertz CT molecular complexity index is 724. The van der Waals surface area contributed by atoms with Gasteiger partial charge in [0, 0.05) is 19.0 Å². The summed E-state index contributed by atoms with van der Waals surface area (Å²) < 4.78 is 1.96. The first-order valence-corrected chi connectivity index (χ1v) is 8.67. The summed E-state index contributed by atoms with van der Waals surface area (Å²) in [7, 11) is 0. The highest BCUT2D eigenvalue weighted by Gasteiger charge is 2.33. The molecule has 1 aliphatic carbocycles. The summed E-state index contributed by atoms with van der Waals surface area (Å²) in [6, 6.07) is 10.1. The molecule has 1 N–H and O–H groups in total. The smallest absolute Gasteiger partial charge is 0.307 e. The summed E-state index contributed by atoms with van der Waals surface area (Å²) in [4.78, 5) is 13.5. The SMILES string of the molecule is O=C(O)[C@@H]1CCCN(Cc2nnn(-c3ccccc3)c2C2CC2)C1. The van der Waals surface area contributed by atoms with Crippen molar-refractivity contribution < 1.29 is 9.90 Å². The summed E-state index contributed by atoms with van der Waals surface area (Å²) in [5, 5.41) is 18.1. The van der Waals surface area contributed by atoms with E-state index in [-0.39, 0.29) is 5.92 Å². The van der Waals surface area contributed by atoms with Crippen molar-refractivity contribution in [2.75, 3.05) is 13.1 Å². The number of hydrogen-bond donors (Lipinski definition) is 1. The second kappa shape index (κ2) is 6.36. The second-order valence-corrected chi connectivity index (χ2v) is 6.86. The van der Waals surface area contributed by atoms with Crippen molar-refractivity contribution in [2.24, 2.45) is 5.92 Å². The minimum absolute atomic E-state index is 0.257. The van der Waals surface area contributed by atoms with E-state index in [4.69, 9.17) is 0 Å². The van der Waals surface area contributed by atoms with Crippen LogP contribution in [0, 0.1) is 5.92 Å². The van der Waals surface area contributed by atoms with E-state index >= 15 is 0 Å². The average molecular weight is 326 g/mol. The van der Waals surface area contributed by atoms with Crippen molar-refractivity contribution in [1.29, 1.82) is 0 Å². The van der Waals surface area contributed by atoms with Gasteiger partial charge in [0.1, 0.15) is 5.69 Å². The molecule has 126 valence electrons. The lowest BCUT2D eigenvalue weighted by atomic mass is 9.98. The van der Waals surface area contributed by atoms with Crippen molar-refractivity contribution in [3.63, 3.8) is 0 Å². The standard InChI is InChI=1S/C18H22N4O2/c23-18(24)14-5-4-10-21(11-14)12-16-17(13-8-9-13)22(20-19-16)15-6-2-1-3-7-15/h1-3,6-7,13-14H,4-5,8-12H2,(H,23,24)/t14-/m1/s1. The topological polar surface area (TPSA) is 71.2 Å². The Morgan fingerprint density at radius 2 is 2.00 bits per heavy atom. The van der Waals surface area contributed by atoms with E-state index in [1.807, 2.05) is 35.0 Å². The molecule has 24 heavy (non-hydrogen) atoms. The van der Waals surface area contributed by atoms with Crippen LogP contribution in [0.4, 0.5) is 0 Å². The minimum Gasteiger partial charge on any atom is -0.481 e. The van der Waals surface area contributed by atoms with Gasteiger partial charge in [-0.2, -0.15) is 0 Å². The van der Waals surface area contributed by atoms with Gasteiger partial charge in [0.15, 0.2) is 0 Å². The molecule has 4 rings (SSSR count). The molecule has 2 aliphatic rings. The molecule has 6 nitrogen and oxygen atoms in total.